The maximum Gasteiger partial charge on any atom is 0.306 e. The summed E-state index contributed by atoms with van der Waals surface area (Å²) in [7, 11) is 0. The van der Waals surface area contributed by atoms with Crippen LogP contribution in [0.2, 0.25) is 0 Å². The van der Waals surface area contributed by atoms with E-state index in [2.05, 4.69) is 0 Å². The summed E-state index contributed by atoms with van der Waals surface area (Å²) in [5.74, 6) is -0.262. The predicted molar refractivity (Wildman–Crippen MR) is 87.7 cm³/mol. The lowest BCUT2D eigenvalue weighted by atomic mass is 10.1. The van der Waals surface area contributed by atoms with Crippen LogP contribution in [0.4, 0.5) is 0 Å². The Bertz CT molecular complexity index is 458. The van der Waals surface area contributed by atoms with Crippen molar-refractivity contribution in [3.8, 4) is 0 Å². The van der Waals surface area contributed by atoms with Crippen LogP contribution >= 0.6 is 0 Å². The van der Waals surface area contributed by atoms with Crippen molar-refractivity contribution in [1.82, 2.24) is 0 Å². The molecular formula is C18H26O5. The van der Waals surface area contributed by atoms with Crippen LogP contribution in [0.3, 0.4) is 0 Å². The largest absolute Gasteiger partial charge is 0.466 e. The fraction of sp³-hybridized carbons (Fsp3) is 0.500. The first-order valence-electron chi connectivity index (χ1n) is 7.93. The van der Waals surface area contributed by atoms with E-state index in [-0.39, 0.29) is 12.4 Å². The van der Waals surface area contributed by atoms with Crippen molar-refractivity contribution in [2.24, 2.45) is 0 Å². The van der Waals surface area contributed by atoms with Gasteiger partial charge < -0.3 is 19.7 Å². The molecule has 23 heavy (non-hydrogen) atoms. The highest BCUT2D eigenvalue weighted by atomic mass is 16.5. The van der Waals surface area contributed by atoms with E-state index in [1.165, 1.54) is 6.08 Å². The summed E-state index contributed by atoms with van der Waals surface area (Å²) in [4.78, 5) is 11.1. The van der Waals surface area contributed by atoms with Crippen LogP contribution in [0.5, 0.6) is 0 Å². The summed E-state index contributed by atoms with van der Waals surface area (Å²) in [6.07, 6.45) is 2.43. The van der Waals surface area contributed by atoms with Crippen LogP contribution < -0.4 is 0 Å². The molecule has 0 radical (unpaired) electrons. The average Bonchev–Trinajstić information content (AvgIpc) is 2.56. The number of ether oxygens (including phenoxy) is 2. The molecule has 0 aliphatic rings. The zero-order valence-electron chi connectivity index (χ0n) is 13.6. The molecule has 0 unspecified atom stereocenters. The molecule has 2 N–H and O–H groups in total. The normalized spacial score (nSPS) is 13.9. The van der Waals surface area contributed by atoms with Gasteiger partial charge in [0.05, 0.1) is 25.4 Å². The van der Waals surface area contributed by atoms with E-state index in [0.29, 0.717) is 32.7 Å². The van der Waals surface area contributed by atoms with Crippen molar-refractivity contribution in [2.75, 3.05) is 13.2 Å². The molecule has 1 rings (SSSR count). The fourth-order valence-electron chi connectivity index (χ4n) is 1.94. The average molecular weight is 322 g/mol. The van der Waals surface area contributed by atoms with Gasteiger partial charge in [-0.1, -0.05) is 42.5 Å². The minimum atomic E-state index is -0.961. The zero-order chi connectivity index (χ0) is 16.9. The van der Waals surface area contributed by atoms with Crippen molar-refractivity contribution in [3.05, 3.63) is 48.0 Å². The molecule has 0 spiro atoms. The van der Waals surface area contributed by atoms with Gasteiger partial charge in [0.1, 0.15) is 0 Å². The highest BCUT2D eigenvalue weighted by Gasteiger charge is 2.12. The highest BCUT2D eigenvalue weighted by Crippen LogP contribution is 2.05. The first-order chi connectivity index (χ1) is 11.1. The molecule has 0 amide bonds. The molecule has 0 aliphatic heterocycles. The molecule has 1 aromatic carbocycles. The highest BCUT2D eigenvalue weighted by molar-refractivity contribution is 5.69. The molecule has 0 bridgehead atoms. The number of esters is 1. The van der Waals surface area contributed by atoms with Gasteiger partial charge in [0.15, 0.2) is 0 Å². The van der Waals surface area contributed by atoms with E-state index in [1.54, 1.807) is 13.0 Å². The Hall–Kier alpha value is -1.69. The van der Waals surface area contributed by atoms with Crippen molar-refractivity contribution >= 4 is 5.97 Å². The maximum atomic E-state index is 11.1. The molecule has 128 valence electrons. The van der Waals surface area contributed by atoms with E-state index in [4.69, 9.17) is 9.47 Å². The van der Waals surface area contributed by atoms with Gasteiger partial charge in [0, 0.05) is 13.0 Å². The molecule has 1 aromatic rings. The summed E-state index contributed by atoms with van der Waals surface area (Å²) in [5, 5.41) is 19.6. The van der Waals surface area contributed by atoms with Gasteiger partial charge in [-0.3, -0.25) is 4.79 Å². The number of allylic oxidation sites excluding steroid dienone is 1. The van der Waals surface area contributed by atoms with Crippen LogP contribution in [0.1, 0.15) is 31.7 Å². The van der Waals surface area contributed by atoms with Gasteiger partial charge in [-0.15, -0.1) is 0 Å². The van der Waals surface area contributed by atoms with Crippen LogP contribution in [0.15, 0.2) is 42.5 Å². The lowest BCUT2D eigenvalue weighted by molar-refractivity contribution is -0.143. The molecule has 0 aromatic heterocycles. The van der Waals surface area contributed by atoms with Crippen LogP contribution in [0.25, 0.3) is 0 Å². The second-order valence-corrected chi connectivity index (χ2v) is 5.16. The summed E-state index contributed by atoms with van der Waals surface area (Å²) < 4.78 is 10.3. The molecule has 2 atom stereocenters. The van der Waals surface area contributed by atoms with Gasteiger partial charge in [-0.05, 0) is 25.3 Å². The molecule has 5 heteroatoms. The van der Waals surface area contributed by atoms with Crippen molar-refractivity contribution in [3.63, 3.8) is 0 Å². The summed E-state index contributed by atoms with van der Waals surface area (Å²) in [5.41, 5.74) is 1.07. The van der Waals surface area contributed by atoms with Crippen LogP contribution in [0, 0.1) is 0 Å². The van der Waals surface area contributed by atoms with Gasteiger partial charge in [-0.2, -0.15) is 0 Å². The smallest absolute Gasteiger partial charge is 0.306 e. The fourth-order valence-corrected chi connectivity index (χ4v) is 1.94. The standard InChI is InChI=1S/C18H26O5/c1-2-23-18(21)11-7-6-10-16(19)17(20)12-13-22-14-15-8-4-3-5-9-15/h3-6,8-10,16-17,19-20H,2,7,11-14H2,1H3/b10-6+/t16-,17-/m0/s1. The Kier molecular flexibility index (Phi) is 9.95. The quantitative estimate of drug-likeness (QED) is 0.371. The second kappa shape index (κ2) is 11.8. The summed E-state index contributed by atoms with van der Waals surface area (Å²) >= 11 is 0. The summed E-state index contributed by atoms with van der Waals surface area (Å²) in [6.45, 7) is 2.98. The number of hydrogen-bond donors (Lipinski definition) is 2. The van der Waals surface area contributed by atoms with Gasteiger partial charge in [0.2, 0.25) is 0 Å². The van der Waals surface area contributed by atoms with E-state index in [9.17, 15) is 15.0 Å². The lowest BCUT2D eigenvalue weighted by Crippen LogP contribution is -2.25. The van der Waals surface area contributed by atoms with Gasteiger partial charge in [-0.25, -0.2) is 0 Å². The Labute approximate surface area is 137 Å². The molecular weight excluding hydrogens is 296 g/mol. The molecule has 0 fully saturated rings. The second-order valence-electron chi connectivity index (χ2n) is 5.16. The molecule has 0 aliphatic carbocycles. The summed E-state index contributed by atoms with van der Waals surface area (Å²) in [6, 6.07) is 9.77. The Morgan fingerprint density at radius 2 is 2.00 bits per heavy atom. The first-order valence-corrected chi connectivity index (χ1v) is 7.93. The maximum absolute atomic E-state index is 11.1. The number of benzene rings is 1. The zero-order valence-corrected chi connectivity index (χ0v) is 13.6. The van der Waals surface area contributed by atoms with Crippen LogP contribution in [-0.2, 0) is 20.9 Å². The van der Waals surface area contributed by atoms with Crippen molar-refractivity contribution in [1.29, 1.82) is 0 Å². The predicted octanol–water partition coefficient (Wildman–Crippen LogP) is 2.21. The Balaban J connectivity index is 2.13. The van der Waals surface area contributed by atoms with Gasteiger partial charge in [0.25, 0.3) is 0 Å². The molecule has 0 heterocycles. The molecule has 0 saturated heterocycles. The van der Waals surface area contributed by atoms with Gasteiger partial charge >= 0.3 is 5.97 Å². The third kappa shape index (κ3) is 9.13. The minimum Gasteiger partial charge on any atom is -0.466 e. The first kappa shape index (κ1) is 19.4. The lowest BCUT2D eigenvalue weighted by Gasteiger charge is -2.14. The number of hydrogen-bond acceptors (Lipinski definition) is 5. The number of carbonyl (C=O) groups excluding carboxylic acids is 1. The number of aliphatic hydroxyl groups excluding tert-OH is 2. The monoisotopic (exact) mass is 322 g/mol. The third-order valence-corrected chi connectivity index (χ3v) is 3.22. The topological polar surface area (TPSA) is 76.0 Å². The number of carbonyl (C=O) groups is 1. The van der Waals surface area contributed by atoms with Crippen molar-refractivity contribution < 1.29 is 24.5 Å². The van der Waals surface area contributed by atoms with Crippen molar-refractivity contribution in [2.45, 2.75) is 45.0 Å². The van der Waals surface area contributed by atoms with E-state index < -0.39 is 12.2 Å². The van der Waals surface area contributed by atoms with E-state index in [1.807, 2.05) is 30.3 Å². The van der Waals surface area contributed by atoms with E-state index >= 15 is 0 Å². The Morgan fingerprint density at radius 1 is 1.26 bits per heavy atom. The Morgan fingerprint density at radius 3 is 2.70 bits per heavy atom. The number of aliphatic hydroxyl groups is 2. The minimum absolute atomic E-state index is 0.262. The number of rotatable bonds is 11. The SMILES string of the molecule is CCOC(=O)CC/C=C/[C@H](O)[C@@H](O)CCOCc1ccccc1. The molecule has 0 saturated carbocycles. The molecule has 5 nitrogen and oxygen atoms in total. The van der Waals surface area contributed by atoms with E-state index in [0.717, 1.165) is 5.56 Å². The third-order valence-electron chi connectivity index (χ3n) is 3.22. The van der Waals surface area contributed by atoms with Crippen LogP contribution in [-0.4, -0.2) is 41.6 Å².